The second-order valence-electron chi connectivity index (χ2n) is 12.0. The monoisotopic (exact) mass is 836 g/mol. The minimum atomic E-state index is -5.56. The van der Waals surface area contributed by atoms with Crippen LogP contribution < -0.4 is 16.4 Å². The zero-order valence-electron chi connectivity index (χ0n) is 28.4. The molecule has 24 nitrogen and oxygen atoms in total. The summed E-state index contributed by atoms with van der Waals surface area (Å²) in [6, 6.07) is 0. The molecular formula is C25H43N8O16P3S. The summed E-state index contributed by atoms with van der Waals surface area (Å²) in [4.78, 5) is 79.9. The fraction of sp³-hybridized carbons (Fsp3) is 0.680. The largest absolute Gasteiger partial charge is 0.481 e. The molecule has 0 spiro atoms. The van der Waals surface area contributed by atoms with Gasteiger partial charge < -0.3 is 50.9 Å². The van der Waals surface area contributed by atoms with E-state index in [0.29, 0.717) is 31.7 Å². The number of aliphatic hydroxyl groups excluding tert-OH is 2. The van der Waals surface area contributed by atoms with E-state index in [1.165, 1.54) is 18.4 Å². The third kappa shape index (κ3) is 13.8. The van der Waals surface area contributed by atoms with E-state index in [0.717, 1.165) is 12.7 Å². The predicted octanol–water partition coefficient (Wildman–Crippen LogP) is -0.806. The van der Waals surface area contributed by atoms with E-state index in [-0.39, 0.29) is 35.9 Å². The van der Waals surface area contributed by atoms with Crippen molar-refractivity contribution in [2.45, 2.75) is 63.8 Å². The Bertz CT molecular complexity index is 1730. The van der Waals surface area contributed by atoms with Crippen molar-refractivity contribution >= 4 is 71.1 Å². The number of nitrogens with zero attached hydrogens (tertiary/aromatic N) is 5. The van der Waals surface area contributed by atoms with E-state index in [4.69, 9.17) is 24.0 Å². The molecule has 1 aliphatic heterocycles. The number of thiol groups is 1. The van der Waals surface area contributed by atoms with Crippen LogP contribution in [0.2, 0.25) is 0 Å². The first kappa shape index (κ1) is 45.1. The van der Waals surface area contributed by atoms with Crippen LogP contribution in [0, 0.1) is 5.41 Å². The average Bonchev–Trinajstić information content (AvgIpc) is 3.63. The van der Waals surface area contributed by atoms with Crippen molar-refractivity contribution < 1.29 is 75.7 Å². The lowest BCUT2D eigenvalue weighted by Crippen LogP contribution is -2.46. The zero-order chi connectivity index (χ0) is 39.6. The molecular weight excluding hydrogens is 793 g/mol. The fourth-order valence-corrected chi connectivity index (χ4v) is 7.50. The molecule has 2 aromatic rings. The molecule has 1 fully saturated rings. The first-order valence-electron chi connectivity index (χ1n) is 15.7. The number of hydrogen-bond acceptors (Lipinski definition) is 18. The molecule has 3 rings (SSSR count). The van der Waals surface area contributed by atoms with Gasteiger partial charge in [0.25, 0.3) is 0 Å². The number of carbonyl (C=O) groups is 2. The summed E-state index contributed by atoms with van der Waals surface area (Å²) in [6.45, 7) is 1.16. The molecule has 2 amide bonds. The van der Waals surface area contributed by atoms with Gasteiger partial charge in [0.05, 0.1) is 19.5 Å². The van der Waals surface area contributed by atoms with Gasteiger partial charge in [0.15, 0.2) is 23.2 Å². The molecule has 1 aliphatic rings. The topological polar surface area (TPSA) is 359 Å². The maximum absolute atomic E-state index is 12.7. The van der Waals surface area contributed by atoms with Gasteiger partial charge in [0, 0.05) is 36.9 Å². The Morgan fingerprint density at radius 3 is 2.49 bits per heavy atom. The number of nitrogens with one attached hydrogen (secondary N) is 2. The minimum absolute atomic E-state index is 0.0684. The van der Waals surface area contributed by atoms with Crippen LogP contribution in [0.5, 0.6) is 0 Å². The van der Waals surface area contributed by atoms with Crippen LogP contribution in [0.15, 0.2) is 17.6 Å². The van der Waals surface area contributed by atoms with Gasteiger partial charge >= 0.3 is 23.5 Å². The van der Waals surface area contributed by atoms with Gasteiger partial charge in [0.1, 0.15) is 30.7 Å². The van der Waals surface area contributed by atoms with Crippen LogP contribution >= 0.6 is 36.1 Å². The first-order chi connectivity index (χ1) is 24.7. The number of carbonyl (C=O) groups excluding carboxylic acids is 2. The number of hydrogen-bond donors (Lipinski definition) is 10. The summed E-state index contributed by atoms with van der Waals surface area (Å²) >= 11 is 3.96. The molecule has 53 heavy (non-hydrogen) atoms. The molecule has 0 aromatic carbocycles. The van der Waals surface area contributed by atoms with Crippen molar-refractivity contribution in [1.82, 2.24) is 30.2 Å². The molecule has 1 saturated heterocycles. The maximum atomic E-state index is 12.7. The smallest absolute Gasteiger partial charge is 0.386 e. The Balaban J connectivity index is 1.65. The van der Waals surface area contributed by atoms with Crippen molar-refractivity contribution in [3.05, 3.63) is 12.7 Å². The molecule has 10 N–H and O–H groups in total. The van der Waals surface area contributed by atoms with Gasteiger partial charge in [0.2, 0.25) is 11.8 Å². The Morgan fingerprint density at radius 1 is 1.13 bits per heavy atom. The predicted molar refractivity (Wildman–Crippen MR) is 186 cm³/mol. The number of fused-ring (bicyclic) bond motifs is 1. The summed E-state index contributed by atoms with van der Waals surface area (Å²) in [5, 5.41) is 26.3. The molecule has 2 aromatic heterocycles. The van der Waals surface area contributed by atoms with E-state index >= 15 is 0 Å². The van der Waals surface area contributed by atoms with Crippen molar-refractivity contribution in [2.24, 2.45) is 16.1 Å². The number of unbranched alkanes of at least 4 members (excludes halogenated alkanes) is 1. The quantitative estimate of drug-likeness (QED) is 0.0300. The molecule has 2 unspecified atom stereocenters. The van der Waals surface area contributed by atoms with Crippen molar-refractivity contribution in [2.75, 3.05) is 38.6 Å². The lowest BCUT2D eigenvalue weighted by atomic mass is 9.87. The van der Waals surface area contributed by atoms with Crippen LogP contribution in [0.25, 0.3) is 11.2 Å². The van der Waals surface area contributed by atoms with Gasteiger partial charge in [-0.25, -0.2) is 33.6 Å². The molecule has 0 radical (unpaired) electrons. The van der Waals surface area contributed by atoms with Crippen LogP contribution in [-0.2, 0) is 45.9 Å². The minimum Gasteiger partial charge on any atom is -0.386 e. The summed E-state index contributed by atoms with van der Waals surface area (Å²) in [5.41, 5.74) is 4.13. The molecule has 3 heterocycles. The Hall–Kier alpha value is -2.28. The van der Waals surface area contributed by atoms with Gasteiger partial charge in [-0.05, 0) is 19.4 Å². The van der Waals surface area contributed by atoms with E-state index in [1.54, 1.807) is 6.21 Å². The number of nitrogens with two attached hydrogens (primary N) is 1. The highest BCUT2D eigenvalue weighted by atomic mass is 32.1. The van der Waals surface area contributed by atoms with Gasteiger partial charge in [-0.1, -0.05) is 13.8 Å². The number of imidazole rings is 1. The standard InChI is InChI=1S/C25H43N8O16P3S/c1-25(2,20(36)23(37)29-8-5-16(34)27-9-10-53)12-46-52(43,44)49-51(41,42)45-11-15-19(48-50(38,39)40)18(35)24(47-15)33-14-32-17-21(28-7-4-3-6-26)30-13-31-22(17)33/h7,13-15,18-20,24,35-36,53H,3-6,8-12,26H2,1-2H3,(H,27,34)(H,29,37)(H,41,42)(H,43,44)(H2,38,39,40)/t15-,18-,19-,20+,24-/m1/s1. The zero-order valence-corrected chi connectivity index (χ0v) is 31.9. The molecule has 0 aliphatic carbocycles. The fourth-order valence-electron chi connectivity index (χ4n) is 4.56. The van der Waals surface area contributed by atoms with Crippen LogP contribution in [-0.4, -0.2) is 130 Å². The highest BCUT2D eigenvalue weighted by Gasteiger charge is 2.50. The van der Waals surface area contributed by atoms with Crippen molar-refractivity contribution in [1.29, 1.82) is 0 Å². The average molecular weight is 837 g/mol. The highest BCUT2D eigenvalue weighted by Crippen LogP contribution is 2.61. The SMILES string of the molecule is CC(C)(COP(=O)(O)OP(=O)(O)OC[C@H]1O[C@@H](n2cnc3c(N=CCCCN)ncnc32)[C@H](O)[C@@H]1OP(=O)(O)O)[C@@H](O)C(=O)NCCC(=O)NCCS. The summed E-state index contributed by atoms with van der Waals surface area (Å²) in [5.74, 6) is -0.760. The molecule has 28 heteroatoms. The summed E-state index contributed by atoms with van der Waals surface area (Å²) in [7, 11) is -16.4. The number of aromatic nitrogens is 4. The maximum Gasteiger partial charge on any atom is 0.481 e. The summed E-state index contributed by atoms with van der Waals surface area (Å²) in [6.07, 6.45) is -3.90. The number of rotatable bonds is 22. The van der Waals surface area contributed by atoms with Crippen molar-refractivity contribution in [3.8, 4) is 0 Å². The van der Waals surface area contributed by atoms with Crippen LogP contribution in [0.1, 0.15) is 39.3 Å². The molecule has 7 atom stereocenters. The second-order valence-corrected chi connectivity index (χ2v) is 16.7. The van der Waals surface area contributed by atoms with Crippen LogP contribution in [0.3, 0.4) is 0 Å². The van der Waals surface area contributed by atoms with Gasteiger partial charge in [-0.2, -0.15) is 16.9 Å². The normalized spacial score (nSPS) is 22.5. The Morgan fingerprint density at radius 2 is 1.83 bits per heavy atom. The lowest BCUT2D eigenvalue weighted by Gasteiger charge is -2.30. The first-order valence-corrected chi connectivity index (χ1v) is 20.8. The van der Waals surface area contributed by atoms with E-state index < -0.39 is 78.6 Å². The van der Waals surface area contributed by atoms with Gasteiger partial charge in [-0.3, -0.25) is 27.7 Å². The Labute approximate surface area is 307 Å². The van der Waals surface area contributed by atoms with E-state index in [9.17, 15) is 53.1 Å². The molecule has 300 valence electrons. The third-order valence-electron chi connectivity index (χ3n) is 7.21. The number of phosphoric acid groups is 3. The van der Waals surface area contributed by atoms with Gasteiger partial charge in [-0.15, -0.1) is 0 Å². The number of ether oxygens (including phenoxy) is 1. The lowest BCUT2D eigenvalue weighted by molar-refractivity contribution is -0.137. The number of amides is 2. The third-order valence-corrected chi connectivity index (χ3v) is 10.5. The molecule has 0 saturated carbocycles. The number of phosphoric ester groups is 3. The number of aliphatic imine (C=N–C) groups is 1. The van der Waals surface area contributed by atoms with Crippen molar-refractivity contribution in [3.63, 3.8) is 0 Å². The number of aliphatic hydroxyl groups is 2. The van der Waals surface area contributed by atoms with E-state index in [1.807, 2.05) is 0 Å². The Kier molecular flexibility index (Phi) is 16.6. The van der Waals surface area contributed by atoms with E-state index in [2.05, 4.69) is 47.5 Å². The van der Waals surface area contributed by atoms with Crippen LogP contribution in [0.4, 0.5) is 5.82 Å². The molecule has 0 bridgehead atoms. The highest BCUT2D eigenvalue weighted by molar-refractivity contribution is 7.80. The second kappa shape index (κ2) is 19.5. The summed E-state index contributed by atoms with van der Waals surface area (Å²) < 4.78 is 62.4.